The van der Waals surface area contributed by atoms with E-state index in [0.29, 0.717) is 31.3 Å². The Kier molecular flexibility index (Phi) is 5.59. The molecule has 9 nitrogen and oxygen atoms in total. The smallest absolute Gasteiger partial charge is 0.270 e. The normalized spacial score (nSPS) is 17.0. The van der Waals surface area contributed by atoms with E-state index >= 15 is 0 Å². The van der Waals surface area contributed by atoms with E-state index in [4.69, 9.17) is 14.2 Å². The summed E-state index contributed by atoms with van der Waals surface area (Å²) >= 11 is 0. The number of amides is 1. The van der Waals surface area contributed by atoms with Crippen LogP contribution in [-0.4, -0.2) is 55.4 Å². The van der Waals surface area contributed by atoms with Crippen molar-refractivity contribution in [3.8, 4) is 11.5 Å². The first-order valence-electron chi connectivity index (χ1n) is 9.36. The number of carbonyl (C=O) groups is 1. The summed E-state index contributed by atoms with van der Waals surface area (Å²) in [5, 5.41) is 13.9. The van der Waals surface area contributed by atoms with Gasteiger partial charge in [0.15, 0.2) is 11.5 Å². The van der Waals surface area contributed by atoms with Crippen molar-refractivity contribution in [1.82, 2.24) is 10.2 Å². The topological polar surface area (TPSA) is 103 Å². The van der Waals surface area contributed by atoms with Gasteiger partial charge in [-0.1, -0.05) is 12.1 Å². The van der Waals surface area contributed by atoms with Gasteiger partial charge in [0.25, 0.3) is 11.6 Å². The summed E-state index contributed by atoms with van der Waals surface area (Å²) < 4.78 is 16.3. The average molecular weight is 399 g/mol. The van der Waals surface area contributed by atoms with E-state index in [1.807, 2.05) is 18.2 Å². The van der Waals surface area contributed by atoms with Crippen molar-refractivity contribution in [3.63, 3.8) is 0 Å². The molecule has 1 amide bonds. The highest BCUT2D eigenvalue weighted by atomic mass is 16.7. The number of non-ortho nitro benzene ring substituents is 1. The lowest BCUT2D eigenvalue weighted by atomic mass is 10.0. The molecule has 29 heavy (non-hydrogen) atoms. The van der Waals surface area contributed by atoms with E-state index < -0.39 is 4.92 Å². The molecule has 2 aromatic carbocycles. The van der Waals surface area contributed by atoms with Crippen LogP contribution in [0, 0.1) is 10.1 Å². The number of nitro benzene ring substituents is 1. The fourth-order valence-electron chi connectivity index (χ4n) is 3.52. The molecule has 2 aromatic rings. The first-order chi connectivity index (χ1) is 14.1. The summed E-state index contributed by atoms with van der Waals surface area (Å²) in [7, 11) is 0. The van der Waals surface area contributed by atoms with Crippen LogP contribution >= 0.6 is 0 Å². The SMILES string of the molecule is O=C(NC[C@@H](c1ccc2c(c1)OCO2)N1CCOCC1)c1cccc([N+](=O)[O-])c1. The van der Waals surface area contributed by atoms with Gasteiger partial charge in [0.05, 0.1) is 24.2 Å². The number of hydrogen-bond acceptors (Lipinski definition) is 7. The molecule has 0 aliphatic carbocycles. The Morgan fingerprint density at radius 3 is 2.72 bits per heavy atom. The van der Waals surface area contributed by atoms with E-state index in [1.54, 1.807) is 6.07 Å². The van der Waals surface area contributed by atoms with Crippen LogP contribution < -0.4 is 14.8 Å². The van der Waals surface area contributed by atoms with Crippen LogP contribution in [0.5, 0.6) is 11.5 Å². The number of nitrogens with one attached hydrogen (secondary N) is 1. The van der Waals surface area contributed by atoms with Crippen molar-refractivity contribution in [2.75, 3.05) is 39.6 Å². The van der Waals surface area contributed by atoms with Crippen LogP contribution in [0.15, 0.2) is 42.5 Å². The first kappa shape index (κ1) is 19.2. The Hall–Kier alpha value is -3.17. The highest BCUT2D eigenvalue weighted by Gasteiger charge is 2.25. The second-order valence-corrected chi connectivity index (χ2v) is 6.79. The minimum absolute atomic E-state index is 0.0870. The zero-order valence-corrected chi connectivity index (χ0v) is 15.7. The number of fused-ring (bicyclic) bond motifs is 1. The van der Waals surface area contributed by atoms with Gasteiger partial charge in [0.2, 0.25) is 6.79 Å². The van der Waals surface area contributed by atoms with Gasteiger partial charge in [-0.15, -0.1) is 0 Å². The number of morpholine rings is 1. The summed E-state index contributed by atoms with van der Waals surface area (Å²) in [6.07, 6.45) is 0. The molecule has 0 bridgehead atoms. The van der Waals surface area contributed by atoms with E-state index in [1.165, 1.54) is 18.2 Å². The van der Waals surface area contributed by atoms with Gasteiger partial charge in [-0.3, -0.25) is 19.8 Å². The highest BCUT2D eigenvalue weighted by Crippen LogP contribution is 2.35. The molecule has 1 saturated heterocycles. The Labute approximate surface area is 167 Å². The van der Waals surface area contributed by atoms with Gasteiger partial charge < -0.3 is 19.5 Å². The van der Waals surface area contributed by atoms with Crippen molar-refractivity contribution in [3.05, 3.63) is 63.7 Å². The van der Waals surface area contributed by atoms with Gasteiger partial charge >= 0.3 is 0 Å². The second-order valence-electron chi connectivity index (χ2n) is 6.79. The van der Waals surface area contributed by atoms with E-state index in [0.717, 1.165) is 18.7 Å². The molecule has 0 saturated carbocycles. The standard InChI is InChI=1S/C20H21N3O6/c24-20(15-2-1-3-16(10-15)23(25)26)21-12-17(22-6-8-27-9-7-22)14-4-5-18-19(11-14)29-13-28-18/h1-5,10-11,17H,6-9,12-13H2,(H,21,24)/t17-/m0/s1. The van der Waals surface area contributed by atoms with Gasteiger partial charge in [-0.2, -0.15) is 0 Å². The molecular formula is C20H21N3O6. The number of benzene rings is 2. The molecule has 4 rings (SSSR count). The Morgan fingerprint density at radius 2 is 1.93 bits per heavy atom. The van der Waals surface area contributed by atoms with Crippen LogP contribution in [0.1, 0.15) is 22.0 Å². The lowest BCUT2D eigenvalue weighted by Crippen LogP contribution is -2.43. The third-order valence-electron chi connectivity index (χ3n) is 5.04. The Bertz CT molecular complexity index is 913. The predicted molar refractivity (Wildman–Crippen MR) is 103 cm³/mol. The van der Waals surface area contributed by atoms with Crippen molar-refractivity contribution < 1.29 is 23.9 Å². The van der Waals surface area contributed by atoms with Crippen LogP contribution in [0.3, 0.4) is 0 Å². The van der Waals surface area contributed by atoms with Crippen LogP contribution in [-0.2, 0) is 4.74 Å². The molecule has 0 unspecified atom stereocenters. The minimum atomic E-state index is -0.514. The third kappa shape index (κ3) is 4.30. The monoisotopic (exact) mass is 399 g/mol. The Balaban J connectivity index is 1.52. The lowest BCUT2D eigenvalue weighted by molar-refractivity contribution is -0.384. The minimum Gasteiger partial charge on any atom is -0.454 e. The molecule has 2 aliphatic heterocycles. The average Bonchev–Trinajstić information content (AvgIpc) is 3.22. The van der Waals surface area contributed by atoms with E-state index in [-0.39, 0.29) is 30.0 Å². The summed E-state index contributed by atoms with van der Waals surface area (Å²) in [6.45, 7) is 3.28. The fourth-order valence-corrected chi connectivity index (χ4v) is 3.52. The highest BCUT2D eigenvalue weighted by molar-refractivity contribution is 5.94. The first-order valence-corrected chi connectivity index (χ1v) is 9.36. The molecule has 0 radical (unpaired) electrons. The maximum absolute atomic E-state index is 12.6. The predicted octanol–water partition coefficient (Wildman–Crippen LogP) is 2.13. The summed E-state index contributed by atoms with van der Waals surface area (Å²) in [4.78, 5) is 25.3. The molecule has 0 spiro atoms. The number of nitro groups is 1. The van der Waals surface area contributed by atoms with Gasteiger partial charge in [-0.05, 0) is 23.8 Å². The number of carbonyl (C=O) groups excluding carboxylic acids is 1. The summed E-state index contributed by atoms with van der Waals surface area (Å²) in [6, 6.07) is 11.4. The number of ether oxygens (including phenoxy) is 3. The van der Waals surface area contributed by atoms with Crippen molar-refractivity contribution in [2.24, 2.45) is 0 Å². The van der Waals surface area contributed by atoms with Crippen molar-refractivity contribution >= 4 is 11.6 Å². The quantitative estimate of drug-likeness (QED) is 0.586. The number of rotatable bonds is 6. The lowest BCUT2D eigenvalue weighted by Gasteiger charge is -2.35. The molecule has 1 fully saturated rings. The second kappa shape index (κ2) is 8.46. The summed E-state index contributed by atoms with van der Waals surface area (Å²) in [5.41, 5.74) is 1.14. The van der Waals surface area contributed by atoms with Gasteiger partial charge in [0.1, 0.15) is 0 Å². The zero-order valence-electron chi connectivity index (χ0n) is 15.7. The van der Waals surface area contributed by atoms with Crippen LogP contribution in [0.4, 0.5) is 5.69 Å². The maximum Gasteiger partial charge on any atom is 0.270 e. The molecule has 2 aliphatic rings. The number of nitrogens with zero attached hydrogens (tertiary/aromatic N) is 2. The zero-order chi connectivity index (χ0) is 20.2. The van der Waals surface area contributed by atoms with E-state index in [2.05, 4.69) is 10.2 Å². The van der Waals surface area contributed by atoms with Crippen LogP contribution in [0.25, 0.3) is 0 Å². The maximum atomic E-state index is 12.6. The van der Waals surface area contributed by atoms with Crippen LogP contribution in [0.2, 0.25) is 0 Å². The molecular weight excluding hydrogens is 378 g/mol. The number of hydrogen-bond donors (Lipinski definition) is 1. The van der Waals surface area contributed by atoms with Crippen molar-refractivity contribution in [2.45, 2.75) is 6.04 Å². The molecule has 2 heterocycles. The van der Waals surface area contributed by atoms with Gasteiger partial charge in [-0.25, -0.2) is 0 Å². The molecule has 152 valence electrons. The largest absolute Gasteiger partial charge is 0.454 e. The van der Waals surface area contributed by atoms with E-state index in [9.17, 15) is 14.9 Å². The third-order valence-corrected chi connectivity index (χ3v) is 5.04. The molecule has 1 N–H and O–H groups in total. The molecule has 0 aromatic heterocycles. The van der Waals surface area contributed by atoms with Crippen molar-refractivity contribution in [1.29, 1.82) is 0 Å². The fraction of sp³-hybridized carbons (Fsp3) is 0.350. The summed E-state index contributed by atoms with van der Waals surface area (Å²) in [5.74, 6) is 1.04. The molecule has 9 heteroatoms. The van der Waals surface area contributed by atoms with Gasteiger partial charge in [0, 0.05) is 37.3 Å². The molecule has 1 atom stereocenters. The Morgan fingerprint density at radius 1 is 1.14 bits per heavy atom.